The van der Waals surface area contributed by atoms with Gasteiger partial charge in [0, 0.05) is 10.5 Å². The lowest BCUT2D eigenvalue weighted by atomic mass is 10.1. The molecule has 0 unspecified atom stereocenters. The van der Waals surface area contributed by atoms with E-state index in [9.17, 15) is 14.4 Å². The predicted molar refractivity (Wildman–Crippen MR) is 119 cm³/mol. The van der Waals surface area contributed by atoms with Gasteiger partial charge in [-0.05, 0) is 61.4 Å². The molecular formula is C24H18BrNO5. The largest absolute Gasteiger partial charge is 0.481 e. The van der Waals surface area contributed by atoms with Crippen LogP contribution in [0.2, 0.25) is 0 Å². The van der Waals surface area contributed by atoms with Gasteiger partial charge >= 0.3 is 5.97 Å². The van der Waals surface area contributed by atoms with Crippen LogP contribution in [-0.4, -0.2) is 24.4 Å². The summed E-state index contributed by atoms with van der Waals surface area (Å²) in [6.45, 7) is 3.51. The lowest BCUT2D eigenvalue weighted by Crippen LogP contribution is -2.29. The first kappa shape index (κ1) is 20.8. The maximum absolute atomic E-state index is 12.7. The number of amides is 2. The second-order valence-corrected chi connectivity index (χ2v) is 8.04. The summed E-state index contributed by atoms with van der Waals surface area (Å²) in [7, 11) is 0. The standard InChI is InChI=1S/C24H18BrNO5/c1-14-10-16(25)11-15(2)22(14)30-13-21(27)31-18-7-5-6-17(12-18)26-23(28)19-8-3-4-9-20(19)24(26)29/h3-12H,13H2,1-2H3. The highest BCUT2D eigenvalue weighted by Crippen LogP contribution is 2.31. The van der Waals surface area contributed by atoms with E-state index in [1.54, 1.807) is 42.5 Å². The van der Waals surface area contributed by atoms with Crippen molar-refractivity contribution in [3.63, 3.8) is 0 Å². The van der Waals surface area contributed by atoms with Crippen LogP contribution in [0.3, 0.4) is 0 Å². The fraction of sp³-hybridized carbons (Fsp3) is 0.125. The third-order valence-electron chi connectivity index (χ3n) is 4.86. The van der Waals surface area contributed by atoms with Crippen LogP contribution in [0.4, 0.5) is 5.69 Å². The minimum atomic E-state index is -0.596. The predicted octanol–water partition coefficient (Wildman–Crippen LogP) is 4.85. The fourth-order valence-electron chi connectivity index (χ4n) is 3.53. The van der Waals surface area contributed by atoms with Gasteiger partial charge in [0.25, 0.3) is 11.8 Å². The molecular weight excluding hydrogens is 462 g/mol. The number of esters is 1. The Morgan fingerprint density at radius 3 is 2.13 bits per heavy atom. The lowest BCUT2D eigenvalue weighted by molar-refractivity contribution is -0.136. The number of anilines is 1. The van der Waals surface area contributed by atoms with Gasteiger partial charge in [0.15, 0.2) is 6.61 Å². The summed E-state index contributed by atoms with van der Waals surface area (Å²) in [5.41, 5.74) is 2.82. The second kappa shape index (κ2) is 8.35. The number of carbonyl (C=O) groups is 3. The van der Waals surface area contributed by atoms with Crippen LogP contribution >= 0.6 is 15.9 Å². The maximum Gasteiger partial charge on any atom is 0.349 e. The zero-order valence-electron chi connectivity index (χ0n) is 16.8. The van der Waals surface area contributed by atoms with Gasteiger partial charge in [-0.25, -0.2) is 9.69 Å². The Kier molecular flexibility index (Phi) is 5.61. The van der Waals surface area contributed by atoms with Crippen LogP contribution in [0.5, 0.6) is 11.5 Å². The number of benzene rings is 3. The molecule has 1 aliphatic rings. The number of aryl methyl sites for hydroxylation is 2. The van der Waals surface area contributed by atoms with E-state index < -0.39 is 17.8 Å². The number of nitrogens with zero attached hydrogens (tertiary/aromatic N) is 1. The minimum absolute atomic E-state index is 0.215. The molecule has 1 heterocycles. The average Bonchev–Trinajstić information content (AvgIpc) is 2.98. The molecule has 3 aromatic rings. The summed E-state index contributed by atoms with van der Waals surface area (Å²) in [4.78, 5) is 38.7. The summed E-state index contributed by atoms with van der Waals surface area (Å²) < 4.78 is 11.9. The summed E-state index contributed by atoms with van der Waals surface area (Å²) in [5.74, 6) is -0.574. The van der Waals surface area contributed by atoms with Crippen LogP contribution in [0, 0.1) is 13.8 Å². The summed E-state index contributed by atoms with van der Waals surface area (Å²) >= 11 is 3.42. The van der Waals surface area contributed by atoms with Crippen molar-refractivity contribution in [2.45, 2.75) is 13.8 Å². The molecule has 0 N–H and O–H groups in total. The van der Waals surface area contributed by atoms with Gasteiger partial charge in [0.2, 0.25) is 0 Å². The number of rotatable bonds is 5. The van der Waals surface area contributed by atoms with Crippen molar-refractivity contribution in [3.8, 4) is 11.5 Å². The molecule has 2 amide bonds. The molecule has 31 heavy (non-hydrogen) atoms. The van der Waals surface area contributed by atoms with Crippen molar-refractivity contribution in [3.05, 3.63) is 87.4 Å². The van der Waals surface area contributed by atoms with E-state index in [-0.39, 0.29) is 12.4 Å². The Bertz CT molecular complexity index is 1160. The van der Waals surface area contributed by atoms with Gasteiger partial charge < -0.3 is 9.47 Å². The topological polar surface area (TPSA) is 72.9 Å². The van der Waals surface area contributed by atoms with Gasteiger partial charge in [-0.15, -0.1) is 0 Å². The first-order valence-electron chi connectivity index (χ1n) is 9.53. The first-order chi connectivity index (χ1) is 14.8. The molecule has 0 radical (unpaired) electrons. The average molecular weight is 480 g/mol. The Morgan fingerprint density at radius 2 is 1.52 bits per heavy atom. The van der Waals surface area contributed by atoms with Crippen LogP contribution < -0.4 is 14.4 Å². The Hall–Kier alpha value is -3.45. The molecule has 0 saturated heterocycles. The molecule has 0 aromatic heterocycles. The molecule has 6 nitrogen and oxygen atoms in total. The molecule has 7 heteroatoms. The van der Waals surface area contributed by atoms with Crippen molar-refractivity contribution >= 4 is 39.4 Å². The van der Waals surface area contributed by atoms with E-state index in [1.165, 1.54) is 6.07 Å². The van der Waals surface area contributed by atoms with E-state index in [2.05, 4.69) is 15.9 Å². The monoisotopic (exact) mass is 479 g/mol. The van der Waals surface area contributed by atoms with E-state index in [0.717, 1.165) is 20.5 Å². The molecule has 3 aromatic carbocycles. The highest BCUT2D eigenvalue weighted by molar-refractivity contribution is 9.10. The van der Waals surface area contributed by atoms with Crippen molar-refractivity contribution < 1.29 is 23.9 Å². The van der Waals surface area contributed by atoms with Gasteiger partial charge in [0.05, 0.1) is 16.8 Å². The number of halogens is 1. The fourth-order valence-corrected chi connectivity index (χ4v) is 4.21. The quantitative estimate of drug-likeness (QED) is 0.297. The van der Waals surface area contributed by atoms with Crippen molar-refractivity contribution in [1.82, 2.24) is 0 Å². The van der Waals surface area contributed by atoms with E-state index in [1.807, 2.05) is 26.0 Å². The highest BCUT2D eigenvalue weighted by Gasteiger charge is 2.36. The Balaban J connectivity index is 1.47. The normalized spacial score (nSPS) is 12.7. The molecule has 0 saturated carbocycles. The number of imide groups is 1. The van der Waals surface area contributed by atoms with Crippen LogP contribution in [-0.2, 0) is 4.79 Å². The number of carbonyl (C=O) groups excluding carboxylic acids is 3. The van der Waals surface area contributed by atoms with Gasteiger partial charge in [-0.2, -0.15) is 0 Å². The third kappa shape index (κ3) is 4.09. The number of hydrogen-bond acceptors (Lipinski definition) is 5. The zero-order valence-corrected chi connectivity index (χ0v) is 18.4. The summed E-state index contributed by atoms with van der Waals surface area (Å²) in [6.07, 6.45) is 0. The summed E-state index contributed by atoms with van der Waals surface area (Å²) in [5, 5.41) is 0. The molecule has 0 bridgehead atoms. The summed E-state index contributed by atoms with van der Waals surface area (Å²) in [6, 6.07) is 16.7. The minimum Gasteiger partial charge on any atom is -0.481 e. The first-order valence-corrected chi connectivity index (χ1v) is 10.3. The molecule has 1 aliphatic heterocycles. The second-order valence-electron chi connectivity index (χ2n) is 7.12. The molecule has 0 atom stereocenters. The molecule has 156 valence electrons. The molecule has 0 spiro atoms. The number of hydrogen-bond donors (Lipinski definition) is 0. The smallest absolute Gasteiger partial charge is 0.349 e. The Labute approximate surface area is 187 Å². The van der Waals surface area contributed by atoms with Gasteiger partial charge in [-0.1, -0.05) is 34.1 Å². The van der Waals surface area contributed by atoms with Crippen LogP contribution in [0.25, 0.3) is 0 Å². The number of fused-ring (bicyclic) bond motifs is 1. The van der Waals surface area contributed by atoms with Crippen molar-refractivity contribution in [1.29, 1.82) is 0 Å². The molecule has 0 aliphatic carbocycles. The van der Waals surface area contributed by atoms with Crippen LogP contribution in [0.1, 0.15) is 31.8 Å². The zero-order chi connectivity index (χ0) is 22.1. The molecule has 4 rings (SSSR count). The van der Waals surface area contributed by atoms with Crippen LogP contribution in [0.15, 0.2) is 65.1 Å². The van der Waals surface area contributed by atoms with E-state index in [4.69, 9.17) is 9.47 Å². The van der Waals surface area contributed by atoms with Crippen molar-refractivity contribution in [2.75, 3.05) is 11.5 Å². The van der Waals surface area contributed by atoms with Gasteiger partial charge in [-0.3, -0.25) is 9.59 Å². The van der Waals surface area contributed by atoms with Crippen molar-refractivity contribution in [2.24, 2.45) is 0 Å². The van der Waals surface area contributed by atoms with Gasteiger partial charge in [0.1, 0.15) is 11.5 Å². The number of ether oxygens (including phenoxy) is 2. The van der Waals surface area contributed by atoms with E-state index in [0.29, 0.717) is 22.6 Å². The Morgan fingerprint density at radius 1 is 0.903 bits per heavy atom. The molecule has 0 fully saturated rings. The third-order valence-corrected chi connectivity index (χ3v) is 5.32. The van der Waals surface area contributed by atoms with E-state index >= 15 is 0 Å². The maximum atomic E-state index is 12.7. The lowest BCUT2D eigenvalue weighted by Gasteiger charge is -2.15. The SMILES string of the molecule is Cc1cc(Br)cc(C)c1OCC(=O)Oc1cccc(N2C(=O)c3ccccc3C2=O)c1. The highest BCUT2D eigenvalue weighted by atomic mass is 79.9.